The van der Waals surface area contributed by atoms with Gasteiger partial charge in [0, 0.05) is 11.1 Å². The smallest absolute Gasteiger partial charge is 0.283 e. The van der Waals surface area contributed by atoms with E-state index in [9.17, 15) is 4.79 Å². The van der Waals surface area contributed by atoms with Crippen molar-refractivity contribution in [3.63, 3.8) is 0 Å². The lowest BCUT2D eigenvalue weighted by Gasteiger charge is -2.20. The first-order valence-corrected chi connectivity index (χ1v) is 8.67. The van der Waals surface area contributed by atoms with Gasteiger partial charge in [-0.15, -0.1) is 0 Å². The molecule has 0 spiro atoms. The van der Waals surface area contributed by atoms with Crippen LogP contribution in [0.3, 0.4) is 0 Å². The molecule has 2 heterocycles. The van der Waals surface area contributed by atoms with Gasteiger partial charge in [0.2, 0.25) is 5.17 Å². The van der Waals surface area contributed by atoms with Crippen LogP contribution in [-0.4, -0.2) is 34.1 Å². The first-order valence-electron chi connectivity index (χ1n) is 7.86. The molecule has 0 saturated carbocycles. The van der Waals surface area contributed by atoms with Crippen LogP contribution in [-0.2, 0) is 4.79 Å². The van der Waals surface area contributed by atoms with Gasteiger partial charge in [-0.1, -0.05) is 48.5 Å². The van der Waals surface area contributed by atoms with Crippen LogP contribution in [0, 0.1) is 5.41 Å². The van der Waals surface area contributed by atoms with Crippen LogP contribution in [0.25, 0.3) is 6.08 Å². The number of amides is 1. The molecule has 0 radical (unpaired) electrons. The normalized spacial score (nSPS) is 17.9. The molecular weight excluding hydrogens is 348 g/mol. The van der Waals surface area contributed by atoms with Gasteiger partial charge in [-0.25, -0.2) is 0 Å². The van der Waals surface area contributed by atoms with Crippen molar-refractivity contribution in [3.8, 4) is 5.75 Å². The van der Waals surface area contributed by atoms with Crippen LogP contribution in [0.2, 0.25) is 0 Å². The lowest BCUT2D eigenvalue weighted by atomic mass is 10.1. The van der Waals surface area contributed by atoms with Gasteiger partial charge >= 0.3 is 0 Å². The quantitative estimate of drug-likeness (QED) is 0.849. The number of amidine groups is 2. The summed E-state index contributed by atoms with van der Waals surface area (Å²) in [5, 5.41) is 15.4. The molecule has 0 aliphatic carbocycles. The van der Waals surface area contributed by atoms with Crippen molar-refractivity contribution >= 4 is 39.8 Å². The molecule has 2 aromatic rings. The minimum Gasteiger partial charge on any atom is -0.496 e. The zero-order chi connectivity index (χ0) is 18.1. The molecule has 0 atom stereocenters. The van der Waals surface area contributed by atoms with Gasteiger partial charge in [-0.3, -0.25) is 10.2 Å². The highest BCUT2D eigenvalue weighted by Gasteiger charge is 2.36. The van der Waals surface area contributed by atoms with Crippen LogP contribution >= 0.6 is 11.8 Å². The number of nitrogens with one attached hydrogen (secondary N) is 1. The summed E-state index contributed by atoms with van der Waals surface area (Å²) >= 11 is 1.28. The molecule has 0 fully saturated rings. The molecule has 0 saturated heterocycles. The molecule has 6 nitrogen and oxygen atoms in total. The third-order valence-electron chi connectivity index (χ3n) is 3.91. The van der Waals surface area contributed by atoms with Crippen molar-refractivity contribution in [2.45, 2.75) is 0 Å². The second kappa shape index (κ2) is 6.61. The molecule has 2 aromatic carbocycles. The predicted octanol–water partition coefficient (Wildman–Crippen LogP) is 3.36. The number of hydrazone groups is 1. The van der Waals surface area contributed by atoms with Crippen molar-refractivity contribution in [2.75, 3.05) is 7.11 Å². The van der Waals surface area contributed by atoms with Gasteiger partial charge in [0.1, 0.15) is 10.8 Å². The Labute approximate surface area is 154 Å². The number of hydrogen-bond donors (Lipinski definition) is 1. The van der Waals surface area contributed by atoms with Gasteiger partial charge in [0.15, 0.2) is 5.84 Å². The van der Waals surface area contributed by atoms with Gasteiger partial charge < -0.3 is 4.74 Å². The average Bonchev–Trinajstić information content (AvgIpc) is 3.10. The number of carbonyl (C=O) groups is 1. The van der Waals surface area contributed by atoms with E-state index >= 15 is 0 Å². The number of fused-ring (bicyclic) bond motifs is 1. The van der Waals surface area contributed by atoms with E-state index in [0.717, 1.165) is 5.56 Å². The Balaban J connectivity index is 1.72. The molecule has 0 bridgehead atoms. The SMILES string of the molecule is COc1ccccc1C=C1C(=N)N2N=C(c3ccccc3)SC2=NC1=O. The summed E-state index contributed by atoms with van der Waals surface area (Å²) in [6, 6.07) is 16.9. The van der Waals surface area contributed by atoms with Crippen LogP contribution in [0.1, 0.15) is 11.1 Å². The van der Waals surface area contributed by atoms with E-state index in [1.165, 1.54) is 16.8 Å². The summed E-state index contributed by atoms with van der Waals surface area (Å²) in [4.78, 5) is 16.6. The van der Waals surface area contributed by atoms with E-state index < -0.39 is 5.91 Å². The lowest BCUT2D eigenvalue weighted by molar-refractivity contribution is -0.114. The fourth-order valence-electron chi connectivity index (χ4n) is 2.63. The number of nitrogens with zero attached hydrogens (tertiary/aromatic N) is 3. The monoisotopic (exact) mass is 362 g/mol. The van der Waals surface area contributed by atoms with Crippen LogP contribution < -0.4 is 4.74 Å². The lowest BCUT2D eigenvalue weighted by Crippen LogP contribution is -2.35. The largest absolute Gasteiger partial charge is 0.496 e. The Morgan fingerprint density at radius 3 is 2.62 bits per heavy atom. The van der Waals surface area contributed by atoms with Gasteiger partial charge in [-0.2, -0.15) is 15.1 Å². The zero-order valence-electron chi connectivity index (χ0n) is 13.8. The molecular formula is C19H14N4O2S. The third kappa shape index (κ3) is 2.82. The van der Waals surface area contributed by atoms with E-state index in [2.05, 4.69) is 10.1 Å². The Morgan fingerprint density at radius 1 is 1.12 bits per heavy atom. The summed E-state index contributed by atoms with van der Waals surface area (Å²) in [5.41, 5.74) is 1.81. The van der Waals surface area contributed by atoms with Gasteiger partial charge in [0.25, 0.3) is 5.91 Å². The first-order chi connectivity index (χ1) is 12.7. The number of hydrogen-bond acceptors (Lipinski definition) is 5. The Bertz CT molecular complexity index is 996. The van der Waals surface area contributed by atoms with Crippen molar-refractivity contribution in [2.24, 2.45) is 10.1 Å². The average molecular weight is 362 g/mol. The summed E-state index contributed by atoms with van der Waals surface area (Å²) in [6.45, 7) is 0. The number of benzene rings is 2. The number of methoxy groups -OCH3 is 1. The van der Waals surface area contributed by atoms with Crippen molar-refractivity contribution in [1.29, 1.82) is 5.41 Å². The molecule has 0 unspecified atom stereocenters. The van der Waals surface area contributed by atoms with Crippen LogP contribution in [0.5, 0.6) is 5.75 Å². The maximum Gasteiger partial charge on any atom is 0.283 e. The molecule has 1 N–H and O–H groups in total. The summed E-state index contributed by atoms with van der Waals surface area (Å²) in [6.07, 6.45) is 1.62. The number of thioether (sulfide) groups is 1. The standard InChI is InChI=1S/C19H14N4O2S/c1-25-15-10-6-5-9-13(15)11-14-16(20)23-19(21-17(14)24)26-18(22-23)12-7-3-2-4-8-12/h2-11,20H,1H3. The molecule has 4 rings (SSSR count). The Hall–Kier alpha value is -3.19. The van der Waals surface area contributed by atoms with Crippen molar-refractivity contribution in [3.05, 3.63) is 71.3 Å². The minimum atomic E-state index is -0.454. The first kappa shape index (κ1) is 16.3. The molecule has 0 aromatic heterocycles. The summed E-state index contributed by atoms with van der Waals surface area (Å²) < 4.78 is 5.31. The number of rotatable bonds is 3. The highest BCUT2D eigenvalue weighted by atomic mass is 32.2. The second-order valence-corrected chi connectivity index (χ2v) is 6.49. The van der Waals surface area contributed by atoms with E-state index in [1.807, 2.05) is 48.5 Å². The maximum atomic E-state index is 12.5. The van der Waals surface area contributed by atoms with E-state index in [4.69, 9.17) is 10.1 Å². The van der Waals surface area contributed by atoms with Crippen LogP contribution in [0.15, 0.2) is 70.3 Å². The Morgan fingerprint density at radius 2 is 1.85 bits per heavy atom. The summed E-state index contributed by atoms with van der Waals surface area (Å²) in [7, 11) is 1.56. The van der Waals surface area contributed by atoms with Gasteiger partial charge in [0.05, 0.1) is 12.7 Å². The number of para-hydroxylation sites is 1. The number of carbonyl (C=O) groups excluding carboxylic acids is 1. The number of ether oxygens (including phenoxy) is 1. The molecule has 2 aliphatic rings. The Kier molecular flexibility index (Phi) is 4.14. The second-order valence-electron chi connectivity index (χ2n) is 5.53. The minimum absolute atomic E-state index is 0.00402. The topological polar surface area (TPSA) is 78.1 Å². The van der Waals surface area contributed by atoms with Gasteiger partial charge in [-0.05, 0) is 23.9 Å². The molecule has 128 valence electrons. The predicted molar refractivity (Wildman–Crippen MR) is 104 cm³/mol. The molecule has 2 aliphatic heterocycles. The highest BCUT2D eigenvalue weighted by Crippen LogP contribution is 2.31. The van der Waals surface area contributed by atoms with E-state index in [-0.39, 0.29) is 11.4 Å². The fourth-order valence-corrected chi connectivity index (χ4v) is 3.53. The van der Waals surface area contributed by atoms with E-state index in [0.29, 0.717) is 21.5 Å². The molecule has 1 amide bonds. The van der Waals surface area contributed by atoms with Crippen LogP contribution in [0.4, 0.5) is 0 Å². The molecule has 26 heavy (non-hydrogen) atoms. The fraction of sp³-hybridized carbons (Fsp3) is 0.0526. The maximum absolute atomic E-state index is 12.5. The van der Waals surface area contributed by atoms with Crippen molar-refractivity contribution in [1.82, 2.24) is 5.01 Å². The number of aliphatic imine (C=N–C) groups is 1. The summed E-state index contributed by atoms with van der Waals surface area (Å²) in [5.74, 6) is 0.174. The molecule has 7 heteroatoms. The zero-order valence-corrected chi connectivity index (χ0v) is 14.7. The highest BCUT2D eigenvalue weighted by molar-refractivity contribution is 8.27. The van der Waals surface area contributed by atoms with Crippen molar-refractivity contribution < 1.29 is 9.53 Å². The third-order valence-corrected chi connectivity index (χ3v) is 4.87. The van der Waals surface area contributed by atoms with E-state index in [1.54, 1.807) is 19.3 Å².